The first-order valence-electron chi connectivity index (χ1n) is 4.07. The molecule has 13 heavy (non-hydrogen) atoms. The standard InChI is InChI=1S/C9H11N3O/c10-5-2-6-13-9-4-1-3-8(7-11)12-9/h1,3-4H,2,5-6,10H2. The molecule has 0 fully saturated rings. The minimum atomic E-state index is 0.366. The lowest BCUT2D eigenvalue weighted by molar-refractivity contribution is 0.301. The van der Waals surface area contributed by atoms with Crippen molar-refractivity contribution in [3.05, 3.63) is 23.9 Å². The van der Waals surface area contributed by atoms with E-state index in [0.717, 1.165) is 6.42 Å². The first kappa shape index (κ1) is 9.49. The van der Waals surface area contributed by atoms with Gasteiger partial charge in [-0.15, -0.1) is 0 Å². The van der Waals surface area contributed by atoms with Crippen LogP contribution in [0.4, 0.5) is 0 Å². The van der Waals surface area contributed by atoms with E-state index in [9.17, 15) is 0 Å². The number of nitrogens with zero attached hydrogens (tertiary/aromatic N) is 2. The summed E-state index contributed by atoms with van der Waals surface area (Å²) in [4.78, 5) is 3.94. The molecule has 2 N–H and O–H groups in total. The van der Waals surface area contributed by atoms with Gasteiger partial charge in [-0.1, -0.05) is 6.07 Å². The molecule has 4 nitrogen and oxygen atoms in total. The molecule has 0 amide bonds. The highest BCUT2D eigenvalue weighted by Crippen LogP contribution is 2.06. The Kier molecular flexibility index (Phi) is 3.74. The number of pyridine rings is 1. The quantitative estimate of drug-likeness (QED) is 0.686. The van der Waals surface area contributed by atoms with E-state index in [0.29, 0.717) is 24.7 Å². The van der Waals surface area contributed by atoms with Crippen LogP contribution in [0, 0.1) is 11.3 Å². The van der Waals surface area contributed by atoms with Gasteiger partial charge in [-0.25, -0.2) is 4.98 Å². The molecular formula is C9H11N3O. The van der Waals surface area contributed by atoms with Crippen molar-refractivity contribution in [3.63, 3.8) is 0 Å². The number of ether oxygens (including phenoxy) is 1. The number of hydrogen-bond acceptors (Lipinski definition) is 4. The third-order valence-corrected chi connectivity index (χ3v) is 1.44. The Hall–Kier alpha value is -1.60. The molecule has 0 aliphatic rings. The SMILES string of the molecule is N#Cc1cccc(OCCCN)n1. The minimum Gasteiger partial charge on any atom is -0.478 e. The van der Waals surface area contributed by atoms with Crippen LogP contribution < -0.4 is 10.5 Å². The van der Waals surface area contributed by atoms with Gasteiger partial charge < -0.3 is 10.5 Å². The van der Waals surface area contributed by atoms with Crippen LogP contribution in [0.2, 0.25) is 0 Å². The number of nitrogens with two attached hydrogens (primary N) is 1. The first-order chi connectivity index (χ1) is 6.36. The monoisotopic (exact) mass is 177 g/mol. The Morgan fingerprint density at radius 2 is 2.38 bits per heavy atom. The molecule has 68 valence electrons. The molecule has 1 heterocycles. The maximum absolute atomic E-state index is 8.55. The Bertz CT molecular complexity index is 306. The zero-order valence-corrected chi connectivity index (χ0v) is 7.23. The number of nitriles is 1. The van der Waals surface area contributed by atoms with Gasteiger partial charge in [-0.05, 0) is 19.0 Å². The largest absolute Gasteiger partial charge is 0.478 e. The van der Waals surface area contributed by atoms with E-state index in [1.54, 1.807) is 18.2 Å². The van der Waals surface area contributed by atoms with Gasteiger partial charge in [0.15, 0.2) is 0 Å². The third kappa shape index (κ3) is 3.09. The lowest BCUT2D eigenvalue weighted by atomic mass is 10.4. The second-order valence-corrected chi connectivity index (χ2v) is 2.46. The van der Waals surface area contributed by atoms with Crippen LogP contribution in [0.15, 0.2) is 18.2 Å². The summed E-state index contributed by atoms with van der Waals surface area (Å²) in [5, 5.41) is 8.55. The van der Waals surface area contributed by atoms with Crippen LogP contribution in [0.25, 0.3) is 0 Å². The molecule has 0 radical (unpaired) electrons. The van der Waals surface area contributed by atoms with Crippen LogP contribution in [0.1, 0.15) is 12.1 Å². The fraction of sp³-hybridized carbons (Fsp3) is 0.333. The van der Waals surface area contributed by atoms with Crippen molar-refractivity contribution in [2.24, 2.45) is 5.73 Å². The number of rotatable bonds is 4. The highest BCUT2D eigenvalue weighted by Gasteiger charge is 1.96. The lowest BCUT2D eigenvalue weighted by Gasteiger charge is -2.02. The van der Waals surface area contributed by atoms with Gasteiger partial charge in [0, 0.05) is 6.07 Å². The molecule has 0 saturated heterocycles. The van der Waals surface area contributed by atoms with Gasteiger partial charge in [0.2, 0.25) is 5.88 Å². The molecule has 0 unspecified atom stereocenters. The zero-order valence-electron chi connectivity index (χ0n) is 7.23. The van der Waals surface area contributed by atoms with Crippen LogP contribution in [-0.4, -0.2) is 18.1 Å². The van der Waals surface area contributed by atoms with Crippen molar-refractivity contribution in [2.45, 2.75) is 6.42 Å². The first-order valence-corrected chi connectivity index (χ1v) is 4.07. The molecule has 0 spiro atoms. The minimum absolute atomic E-state index is 0.366. The Morgan fingerprint density at radius 1 is 1.54 bits per heavy atom. The Morgan fingerprint density at radius 3 is 3.08 bits per heavy atom. The van der Waals surface area contributed by atoms with E-state index >= 15 is 0 Å². The molecule has 1 rings (SSSR count). The van der Waals surface area contributed by atoms with Crippen molar-refractivity contribution in [1.82, 2.24) is 4.98 Å². The fourth-order valence-corrected chi connectivity index (χ4v) is 0.818. The van der Waals surface area contributed by atoms with Crippen molar-refractivity contribution in [2.75, 3.05) is 13.2 Å². The molecule has 0 aromatic carbocycles. The summed E-state index contributed by atoms with van der Waals surface area (Å²) >= 11 is 0. The maximum Gasteiger partial charge on any atom is 0.214 e. The lowest BCUT2D eigenvalue weighted by Crippen LogP contribution is -2.06. The third-order valence-electron chi connectivity index (χ3n) is 1.44. The normalized spacial score (nSPS) is 9.23. The van der Waals surface area contributed by atoms with Gasteiger partial charge in [-0.2, -0.15) is 5.26 Å². The number of hydrogen-bond donors (Lipinski definition) is 1. The number of aromatic nitrogens is 1. The predicted octanol–water partition coefficient (Wildman–Crippen LogP) is 0.681. The second-order valence-electron chi connectivity index (χ2n) is 2.46. The van der Waals surface area contributed by atoms with E-state index in [-0.39, 0.29) is 0 Å². The second kappa shape index (κ2) is 5.12. The highest BCUT2D eigenvalue weighted by molar-refractivity contribution is 5.24. The van der Waals surface area contributed by atoms with Crippen LogP contribution in [0.3, 0.4) is 0 Å². The van der Waals surface area contributed by atoms with Crippen molar-refractivity contribution in [3.8, 4) is 11.9 Å². The molecule has 4 heteroatoms. The predicted molar refractivity (Wildman–Crippen MR) is 48.1 cm³/mol. The summed E-state index contributed by atoms with van der Waals surface area (Å²) < 4.78 is 5.25. The van der Waals surface area contributed by atoms with E-state index in [2.05, 4.69) is 4.98 Å². The molecule has 0 aliphatic heterocycles. The molecule has 1 aromatic heterocycles. The van der Waals surface area contributed by atoms with Crippen molar-refractivity contribution >= 4 is 0 Å². The average Bonchev–Trinajstić information content (AvgIpc) is 2.19. The van der Waals surface area contributed by atoms with E-state index in [1.165, 1.54) is 0 Å². The molecule has 0 bridgehead atoms. The highest BCUT2D eigenvalue weighted by atomic mass is 16.5. The summed E-state index contributed by atoms with van der Waals surface area (Å²) in [6.45, 7) is 1.14. The van der Waals surface area contributed by atoms with Crippen LogP contribution >= 0.6 is 0 Å². The summed E-state index contributed by atoms with van der Waals surface area (Å²) in [5.74, 6) is 0.479. The van der Waals surface area contributed by atoms with Gasteiger partial charge in [0.25, 0.3) is 0 Å². The summed E-state index contributed by atoms with van der Waals surface area (Å²) in [6, 6.07) is 7.04. The van der Waals surface area contributed by atoms with Crippen LogP contribution in [-0.2, 0) is 0 Å². The van der Waals surface area contributed by atoms with E-state index in [4.69, 9.17) is 15.7 Å². The zero-order chi connectivity index (χ0) is 9.52. The van der Waals surface area contributed by atoms with Gasteiger partial charge in [0.05, 0.1) is 6.61 Å². The summed E-state index contributed by atoms with van der Waals surface area (Å²) in [5.41, 5.74) is 5.66. The van der Waals surface area contributed by atoms with Gasteiger partial charge >= 0.3 is 0 Å². The fourth-order valence-electron chi connectivity index (χ4n) is 0.818. The maximum atomic E-state index is 8.55. The van der Waals surface area contributed by atoms with Gasteiger partial charge in [-0.3, -0.25) is 0 Å². The molecule has 0 saturated carbocycles. The molecule has 0 atom stereocenters. The Balaban J connectivity index is 2.52. The molecule has 0 aliphatic carbocycles. The van der Waals surface area contributed by atoms with Crippen LogP contribution in [0.5, 0.6) is 5.88 Å². The van der Waals surface area contributed by atoms with Crippen molar-refractivity contribution < 1.29 is 4.74 Å². The van der Waals surface area contributed by atoms with Gasteiger partial charge in [0.1, 0.15) is 11.8 Å². The molecule has 1 aromatic rings. The van der Waals surface area contributed by atoms with E-state index < -0.39 is 0 Å². The van der Waals surface area contributed by atoms with E-state index in [1.807, 2.05) is 6.07 Å². The summed E-state index contributed by atoms with van der Waals surface area (Å²) in [7, 11) is 0. The molecular weight excluding hydrogens is 166 g/mol. The topological polar surface area (TPSA) is 71.9 Å². The Labute approximate surface area is 77.0 Å². The average molecular weight is 177 g/mol. The smallest absolute Gasteiger partial charge is 0.214 e. The van der Waals surface area contributed by atoms with Crippen molar-refractivity contribution in [1.29, 1.82) is 5.26 Å². The summed E-state index contributed by atoms with van der Waals surface area (Å²) in [6.07, 6.45) is 0.790.